The minimum atomic E-state index is -4.89. The van der Waals surface area contributed by atoms with Gasteiger partial charge in [0.1, 0.15) is 0 Å². The maximum atomic E-state index is 14.2. The number of hydrogen-bond donors (Lipinski definition) is 1. The predicted octanol–water partition coefficient (Wildman–Crippen LogP) is 3.65. The van der Waals surface area contributed by atoms with Crippen LogP contribution >= 0.6 is 0 Å². The van der Waals surface area contributed by atoms with Crippen molar-refractivity contribution in [2.75, 3.05) is 55.0 Å². The lowest BCUT2D eigenvalue weighted by molar-refractivity contribution is -0.140. The van der Waals surface area contributed by atoms with Gasteiger partial charge in [0.15, 0.2) is 15.5 Å². The van der Waals surface area contributed by atoms with E-state index in [-0.39, 0.29) is 42.6 Å². The summed E-state index contributed by atoms with van der Waals surface area (Å²) in [4.78, 5) is 24.9. The summed E-state index contributed by atoms with van der Waals surface area (Å²) in [7, 11) is 0.809. The quantitative estimate of drug-likeness (QED) is 0.566. The van der Waals surface area contributed by atoms with E-state index in [4.69, 9.17) is 5.73 Å². The number of aromatic nitrogens is 2. The molecule has 1 aromatic carbocycles. The summed E-state index contributed by atoms with van der Waals surface area (Å²) in [5, 5.41) is 0. The minimum Gasteiger partial charge on any atom is -0.351 e. The highest BCUT2D eigenvalue weighted by molar-refractivity contribution is 7.91. The zero-order valence-corrected chi connectivity index (χ0v) is 23.2. The highest BCUT2D eigenvalue weighted by Crippen LogP contribution is 2.49. The summed E-state index contributed by atoms with van der Waals surface area (Å²) in [6.07, 6.45) is -1.08. The molecule has 13 heteroatoms. The zero-order valence-electron chi connectivity index (χ0n) is 22.4. The first-order chi connectivity index (χ1) is 18.2. The number of benzene rings is 1. The van der Waals surface area contributed by atoms with E-state index in [0.717, 1.165) is 23.9 Å². The molecule has 0 atom stereocenters. The number of nitrogens with zero attached hydrogens (tertiary/aromatic N) is 5. The molecule has 0 spiro atoms. The number of urea groups is 1. The Bertz CT molecular complexity index is 1280. The summed E-state index contributed by atoms with van der Waals surface area (Å²) < 4.78 is 66.1. The second-order valence-corrected chi connectivity index (χ2v) is 13.4. The van der Waals surface area contributed by atoms with Gasteiger partial charge in [-0.1, -0.05) is 37.3 Å². The SMILES string of the molecule is CN(C)[C@]1(c2ccccc2)CC[C@@](C)(CN(C(N)=O)c2cnc(N3CCS(=O)(=O)CC3)nc2C(F)(F)F)CC1. The molecular weight excluding hydrogens is 533 g/mol. The van der Waals surface area contributed by atoms with Gasteiger partial charge < -0.3 is 10.6 Å². The standard InChI is InChI=1S/C26H35F3N6O3S/c1-24(9-11-25(12-10-24,33(2)3)19-7-5-4-6-8-19)18-35(22(30)36)20-17-31-23(32-21(20)26(27,28)29)34-13-15-39(37,38)16-14-34/h4-8,17H,9-16,18H2,1-3H3,(H2,30,36)/t24-,25-. The fourth-order valence-corrected chi connectivity index (χ4v) is 6.87. The van der Waals surface area contributed by atoms with Gasteiger partial charge in [-0.15, -0.1) is 0 Å². The van der Waals surface area contributed by atoms with Crippen LogP contribution < -0.4 is 15.5 Å². The van der Waals surface area contributed by atoms with Crippen LogP contribution in [0.25, 0.3) is 0 Å². The molecule has 2 N–H and O–H groups in total. The van der Waals surface area contributed by atoms with Crippen molar-refractivity contribution < 1.29 is 26.4 Å². The smallest absolute Gasteiger partial charge is 0.351 e. The second kappa shape index (κ2) is 10.6. The highest BCUT2D eigenvalue weighted by atomic mass is 32.2. The summed E-state index contributed by atoms with van der Waals surface area (Å²) >= 11 is 0. The molecule has 2 aliphatic rings. The summed E-state index contributed by atoms with van der Waals surface area (Å²) in [6, 6.07) is 9.11. The molecule has 2 aromatic rings. The number of carbonyl (C=O) groups is 1. The van der Waals surface area contributed by atoms with Crippen LogP contribution in [0.3, 0.4) is 0 Å². The Hall–Kier alpha value is -2.93. The van der Waals surface area contributed by atoms with Crippen molar-refractivity contribution in [3.63, 3.8) is 0 Å². The number of hydrogen-bond acceptors (Lipinski definition) is 7. The third kappa shape index (κ3) is 6.13. The van der Waals surface area contributed by atoms with Gasteiger partial charge in [-0.25, -0.2) is 23.2 Å². The molecule has 0 unspecified atom stereocenters. The Morgan fingerprint density at radius 2 is 1.67 bits per heavy atom. The van der Waals surface area contributed by atoms with Crippen LogP contribution in [0.4, 0.5) is 29.6 Å². The van der Waals surface area contributed by atoms with Crippen LogP contribution in [0, 0.1) is 5.41 Å². The second-order valence-electron chi connectivity index (χ2n) is 11.1. The van der Waals surface area contributed by atoms with E-state index in [1.807, 2.05) is 39.2 Å². The number of halogens is 3. The van der Waals surface area contributed by atoms with Crippen molar-refractivity contribution in [3.8, 4) is 0 Å². The van der Waals surface area contributed by atoms with E-state index < -0.39 is 38.8 Å². The van der Waals surface area contributed by atoms with Gasteiger partial charge >= 0.3 is 12.2 Å². The lowest BCUT2D eigenvalue weighted by Gasteiger charge is -2.50. The maximum absolute atomic E-state index is 14.2. The van der Waals surface area contributed by atoms with Crippen LogP contribution in [-0.4, -0.2) is 74.6 Å². The monoisotopic (exact) mass is 568 g/mol. The Morgan fingerprint density at radius 1 is 1.08 bits per heavy atom. The zero-order chi connectivity index (χ0) is 28.6. The van der Waals surface area contributed by atoms with Gasteiger partial charge in [-0.2, -0.15) is 13.2 Å². The Labute approximate surface area is 227 Å². The van der Waals surface area contributed by atoms with Crippen LogP contribution in [0.1, 0.15) is 43.9 Å². The van der Waals surface area contributed by atoms with Gasteiger partial charge in [0, 0.05) is 25.2 Å². The van der Waals surface area contributed by atoms with E-state index in [1.165, 1.54) is 10.5 Å². The molecule has 1 saturated heterocycles. The Kier molecular flexibility index (Phi) is 7.87. The molecule has 0 bridgehead atoms. The topological polar surface area (TPSA) is 113 Å². The molecule has 4 rings (SSSR count). The lowest BCUT2D eigenvalue weighted by atomic mass is 9.65. The Morgan fingerprint density at radius 3 is 2.18 bits per heavy atom. The van der Waals surface area contributed by atoms with Crippen molar-refractivity contribution in [1.29, 1.82) is 0 Å². The lowest BCUT2D eigenvalue weighted by Crippen LogP contribution is -2.50. The van der Waals surface area contributed by atoms with Crippen LogP contribution in [0.15, 0.2) is 36.5 Å². The number of carbonyl (C=O) groups excluding carboxylic acids is 1. The Balaban J connectivity index is 1.60. The summed E-state index contributed by atoms with van der Waals surface area (Å²) in [6.45, 7) is 1.93. The number of alkyl halides is 3. The van der Waals surface area contributed by atoms with E-state index in [9.17, 15) is 26.4 Å². The van der Waals surface area contributed by atoms with Gasteiger partial charge in [0.2, 0.25) is 5.95 Å². The molecule has 9 nitrogen and oxygen atoms in total. The van der Waals surface area contributed by atoms with Gasteiger partial charge in [-0.3, -0.25) is 9.80 Å². The number of nitrogens with two attached hydrogens (primary N) is 1. The van der Waals surface area contributed by atoms with E-state index in [1.54, 1.807) is 0 Å². The highest BCUT2D eigenvalue weighted by Gasteiger charge is 2.45. The number of rotatable bonds is 6. The molecule has 1 aromatic heterocycles. The molecule has 1 aliphatic heterocycles. The largest absolute Gasteiger partial charge is 0.435 e. The molecule has 2 amide bonds. The van der Waals surface area contributed by atoms with Crippen molar-refractivity contribution in [2.24, 2.45) is 11.1 Å². The number of anilines is 2. The fourth-order valence-electron chi connectivity index (χ4n) is 5.67. The number of sulfone groups is 1. The van der Waals surface area contributed by atoms with E-state index in [2.05, 4.69) is 27.0 Å². The molecule has 2 fully saturated rings. The molecular formula is C26H35F3N6O3S. The van der Waals surface area contributed by atoms with E-state index in [0.29, 0.717) is 12.8 Å². The predicted molar refractivity (Wildman–Crippen MR) is 143 cm³/mol. The third-order valence-electron chi connectivity index (χ3n) is 8.20. The average Bonchev–Trinajstić information content (AvgIpc) is 2.87. The maximum Gasteiger partial charge on any atom is 0.435 e. The molecule has 1 saturated carbocycles. The summed E-state index contributed by atoms with van der Waals surface area (Å²) in [5.74, 6) is -0.612. The molecule has 39 heavy (non-hydrogen) atoms. The number of amides is 2. The van der Waals surface area contributed by atoms with Crippen LogP contribution in [0.5, 0.6) is 0 Å². The minimum absolute atomic E-state index is 0.00831. The van der Waals surface area contributed by atoms with Crippen molar-refractivity contribution in [2.45, 2.75) is 44.3 Å². The first kappa shape index (κ1) is 29.1. The normalized spacial score (nSPS) is 25.5. The molecule has 0 radical (unpaired) electrons. The number of primary amides is 1. The van der Waals surface area contributed by atoms with E-state index >= 15 is 0 Å². The average molecular weight is 569 g/mol. The van der Waals surface area contributed by atoms with Gasteiger partial charge in [0.25, 0.3) is 0 Å². The molecule has 2 heterocycles. The fraction of sp³-hybridized carbons (Fsp3) is 0.577. The first-order valence-corrected chi connectivity index (χ1v) is 14.7. The molecule has 1 aliphatic carbocycles. The van der Waals surface area contributed by atoms with Crippen molar-refractivity contribution in [3.05, 3.63) is 47.8 Å². The van der Waals surface area contributed by atoms with Crippen molar-refractivity contribution in [1.82, 2.24) is 14.9 Å². The first-order valence-electron chi connectivity index (χ1n) is 12.9. The van der Waals surface area contributed by atoms with Crippen LogP contribution in [0.2, 0.25) is 0 Å². The van der Waals surface area contributed by atoms with Crippen molar-refractivity contribution >= 4 is 27.5 Å². The third-order valence-corrected chi connectivity index (χ3v) is 9.81. The summed E-state index contributed by atoms with van der Waals surface area (Å²) in [5.41, 5.74) is 4.33. The molecule has 214 valence electrons. The van der Waals surface area contributed by atoms with Gasteiger partial charge in [0.05, 0.1) is 23.4 Å². The van der Waals surface area contributed by atoms with Crippen LogP contribution in [-0.2, 0) is 21.6 Å². The van der Waals surface area contributed by atoms with Gasteiger partial charge in [-0.05, 0) is 50.8 Å².